The van der Waals surface area contributed by atoms with E-state index < -0.39 is 0 Å². The van der Waals surface area contributed by atoms with Crippen molar-refractivity contribution >= 4 is 0 Å². The van der Waals surface area contributed by atoms with Crippen LogP contribution in [0, 0.1) is 17.2 Å². The second kappa shape index (κ2) is 6.07. The Kier molecular flexibility index (Phi) is 4.21. The number of nitriles is 1. The van der Waals surface area contributed by atoms with Crippen molar-refractivity contribution in [2.45, 2.75) is 20.4 Å². The molecule has 2 rings (SSSR count). The van der Waals surface area contributed by atoms with E-state index in [4.69, 9.17) is 5.26 Å². The standard InChI is InChI=1S/C13H16N6/c1-10(2)6-15-7-11-3-4-13(16-8-11)19-9-17-12(5-14)18-19/h3-4,8-10,15H,6-7H2,1-2H3. The molecule has 0 saturated carbocycles. The molecule has 2 aromatic rings. The van der Waals surface area contributed by atoms with Crippen LogP contribution in [0.1, 0.15) is 25.2 Å². The average molecular weight is 256 g/mol. The Morgan fingerprint density at radius 1 is 1.37 bits per heavy atom. The molecule has 0 aliphatic heterocycles. The molecule has 19 heavy (non-hydrogen) atoms. The molecule has 98 valence electrons. The molecule has 2 heterocycles. The number of pyridine rings is 1. The van der Waals surface area contributed by atoms with E-state index in [1.165, 1.54) is 11.0 Å². The maximum absolute atomic E-state index is 8.67. The Labute approximate surface area is 112 Å². The molecule has 0 fully saturated rings. The fourth-order valence-electron chi connectivity index (χ4n) is 1.59. The van der Waals surface area contributed by atoms with E-state index in [1.807, 2.05) is 18.2 Å². The van der Waals surface area contributed by atoms with Crippen LogP contribution in [0.2, 0.25) is 0 Å². The van der Waals surface area contributed by atoms with Gasteiger partial charge in [0.25, 0.3) is 5.82 Å². The normalized spacial score (nSPS) is 10.6. The number of nitrogens with zero attached hydrogens (tertiary/aromatic N) is 5. The topological polar surface area (TPSA) is 79.4 Å². The van der Waals surface area contributed by atoms with E-state index in [-0.39, 0.29) is 5.82 Å². The van der Waals surface area contributed by atoms with Crippen LogP contribution in [0.25, 0.3) is 5.82 Å². The molecule has 6 nitrogen and oxygen atoms in total. The van der Waals surface area contributed by atoms with Crippen LogP contribution in [0.5, 0.6) is 0 Å². The van der Waals surface area contributed by atoms with Gasteiger partial charge >= 0.3 is 0 Å². The first-order valence-electron chi connectivity index (χ1n) is 6.17. The summed E-state index contributed by atoms with van der Waals surface area (Å²) in [6.07, 6.45) is 3.29. The smallest absolute Gasteiger partial charge is 0.252 e. The molecule has 0 aliphatic carbocycles. The zero-order valence-corrected chi connectivity index (χ0v) is 11.0. The Morgan fingerprint density at radius 3 is 2.79 bits per heavy atom. The molecule has 0 bridgehead atoms. The lowest BCUT2D eigenvalue weighted by Crippen LogP contribution is -2.19. The van der Waals surface area contributed by atoms with Crippen LogP contribution in [0.15, 0.2) is 24.7 Å². The van der Waals surface area contributed by atoms with Crippen molar-refractivity contribution in [3.05, 3.63) is 36.0 Å². The fraction of sp³-hybridized carbons (Fsp3) is 0.385. The van der Waals surface area contributed by atoms with Gasteiger partial charge in [-0.15, -0.1) is 5.10 Å². The van der Waals surface area contributed by atoms with Gasteiger partial charge in [0.1, 0.15) is 12.4 Å². The van der Waals surface area contributed by atoms with Gasteiger partial charge in [-0.3, -0.25) is 0 Å². The van der Waals surface area contributed by atoms with Crippen LogP contribution in [-0.4, -0.2) is 26.3 Å². The highest BCUT2D eigenvalue weighted by molar-refractivity contribution is 5.24. The quantitative estimate of drug-likeness (QED) is 0.871. The second-order valence-corrected chi connectivity index (χ2v) is 4.67. The van der Waals surface area contributed by atoms with Gasteiger partial charge in [-0.25, -0.2) is 14.6 Å². The molecular formula is C13H16N6. The molecule has 0 atom stereocenters. The molecule has 0 spiro atoms. The maximum atomic E-state index is 8.67. The zero-order valence-electron chi connectivity index (χ0n) is 11.0. The van der Waals surface area contributed by atoms with Crippen molar-refractivity contribution in [1.82, 2.24) is 25.1 Å². The zero-order chi connectivity index (χ0) is 13.7. The van der Waals surface area contributed by atoms with Gasteiger partial charge in [0.15, 0.2) is 5.82 Å². The lowest BCUT2D eigenvalue weighted by atomic mass is 10.2. The molecule has 0 unspecified atom stereocenters. The molecule has 0 aromatic carbocycles. The summed E-state index contributed by atoms with van der Waals surface area (Å²) in [5.74, 6) is 1.43. The van der Waals surface area contributed by atoms with Crippen molar-refractivity contribution in [1.29, 1.82) is 5.26 Å². The fourth-order valence-corrected chi connectivity index (χ4v) is 1.59. The number of hydrogen-bond donors (Lipinski definition) is 1. The van der Waals surface area contributed by atoms with Crippen molar-refractivity contribution in [2.24, 2.45) is 5.92 Å². The summed E-state index contributed by atoms with van der Waals surface area (Å²) >= 11 is 0. The molecule has 6 heteroatoms. The SMILES string of the molecule is CC(C)CNCc1ccc(-n2cnc(C#N)n2)nc1. The molecular weight excluding hydrogens is 240 g/mol. The largest absolute Gasteiger partial charge is 0.312 e. The first-order valence-corrected chi connectivity index (χ1v) is 6.17. The molecule has 0 aliphatic rings. The number of nitrogens with one attached hydrogen (secondary N) is 1. The molecule has 0 radical (unpaired) electrons. The van der Waals surface area contributed by atoms with E-state index in [0.29, 0.717) is 11.7 Å². The molecule has 0 saturated heterocycles. The summed E-state index contributed by atoms with van der Waals surface area (Å²) in [6.45, 7) is 6.13. The summed E-state index contributed by atoms with van der Waals surface area (Å²) < 4.78 is 1.49. The Bertz CT molecular complexity index is 564. The summed E-state index contributed by atoms with van der Waals surface area (Å²) in [6, 6.07) is 5.74. The van der Waals surface area contributed by atoms with Crippen molar-refractivity contribution in [2.75, 3.05) is 6.54 Å². The Hall–Kier alpha value is -2.26. The highest BCUT2D eigenvalue weighted by atomic mass is 15.4. The predicted molar refractivity (Wildman–Crippen MR) is 70.4 cm³/mol. The molecule has 1 N–H and O–H groups in total. The van der Waals surface area contributed by atoms with E-state index in [0.717, 1.165) is 18.7 Å². The van der Waals surface area contributed by atoms with E-state index in [1.54, 1.807) is 6.20 Å². The third kappa shape index (κ3) is 3.60. The van der Waals surface area contributed by atoms with Gasteiger partial charge < -0.3 is 5.32 Å². The van der Waals surface area contributed by atoms with Crippen LogP contribution in [0.3, 0.4) is 0 Å². The van der Waals surface area contributed by atoms with E-state index >= 15 is 0 Å². The van der Waals surface area contributed by atoms with Gasteiger partial charge in [0, 0.05) is 12.7 Å². The number of rotatable bonds is 5. The first kappa shape index (κ1) is 13.2. The summed E-state index contributed by atoms with van der Waals surface area (Å²) in [5.41, 5.74) is 1.12. The minimum atomic E-state index is 0.143. The summed E-state index contributed by atoms with van der Waals surface area (Å²) in [7, 11) is 0. The van der Waals surface area contributed by atoms with E-state index in [2.05, 4.69) is 34.2 Å². The van der Waals surface area contributed by atoms with Gasteiger partial charge in [-0.05, 0) is 24.1 Å². The van der Waals surface area contributed by atoms with Crippen LogP contribution in [0.4, 0.5) is 0 Å². The van der Waals surface area contributed by atoms with Crippen molar-refractivity contribution < 1.29 is 0 Å². The van der Waals surface area contributed by atoms with E-state index in [9.17, 15) is 0 Å². The lowest BCUT2D eigenvalue weighted by molar-refractivity contribution is 0.552. The van der Waals surface area contributed by atoms with Gasteiger partial charge in [0.05, 0.1) is 0 Å². The van der Waals surface area contributed by atoms with Crippen LogP contribution in [-0.2, 0) is 6.54 Å². The minimum absolute atomic E-state index is 0.143. The Morgan fingerprint density at radius 2 is 2.21 bits per heavy atom. The van der Waals surface area contributed by atoms with Gasteiger partial charge in [-0.1, -0.05) is 19.9 Å². The predicted octanol–water partition coefficient (Wildman–Crippen LogP) is 1.28. The second-order valence-electron chi connectivity index (χ2n) is 4.67. The van der Waals surface area contributed by atoms with Gasteiger partial charge in [0.2, 0.25) is 0 Å². The van der Waals surface area contributed by atoms with Crippen LogP contribution < -0.4 is 5.32 Å². The third-order valence-electron chi connectivity index (χ3n) is 2.52. The minimum Gasteiger partial charge on any atom is -0.312 e. The molecule has 0 amide bonds. The summed E-state index contributed by atoms with van der Waals surface area (Å²) in [4.78, 5) is 8.15. The monoisotopic (exact) mass is 256 g/mol. The van der Waals surface area contributed by atoms with Crippen molar-refractivity contribution in [3.63, 3.8) is 0 Å². The molecule has 2 aromatic heterocycles. The Balaban J connectivity index is 2.00. The van der Waals surface area contributed by atoms with Crippen molar-refractivity contribution in [3.8, 4) is 11.9 Å². The average Bonchev–Trinajstić information content (AvgIpc) is 2.88. The first-order chi connectivity index (χ1) is 9.19. The highest BCUT2D eigenvalue weighted by Gasteiger charge is 2.03. The van der Waals surface area contributed by atoms with Crippen LogP contribution >= 0.6 is 0 Å². The third-order valence-corrected chi connectivity index (χ3v) is 2.52. The maximum Gasteiger partial charge on any atom is 0.252 e. The highest BCUT2D eigenvalue weighted by Crippen LogP contribution is 2.04. The van der Waals surface area contributed by atoms with Gasteiger partial charge in [-0.2, -0.15) is 5.26 Å². The summed E-state index contributed by atoms with van der Waals surface area (Å²) in [5, 5.41) is 16.0. The number of aromatic nitrogens is 4. The number of hydrogen-bond acceptors (Lipinski definition) is 5. The lowest BCUT2D eigenvalue weighted by Gasteiger charge is -2.07.